The van der Waals surface area contributed by atoms with Crippen LogP contribution in [0.3, 0.4) is 0 Å². The van der Waals surface area contributed by atoms with Crippen molar-refractivity contribution in [2.75, 3.05) is 20.3 Å². The Morgan fingerprint density at radius 3 is 2.79 bits per heavy atom. The van der Waals surface area contributed by atoms with Gasteiger partial charge in [-0.3, -0.25) is 4.79 Å². The van der Waals surface area contributed by atoms with Crippen LogP contribution in [0.5, 0.6) is 5.75 Å². The van der Waals surface area contributed by atoms with Crippen LogP contribution in [0.1, 0.15) is 11.1 Å². The number of benzene rings is 1. The van der Waals surface area contributed by atoms with Crippen LogP contribution in [0.4, 0.5) is 0 Å². The molecule has 1 heterocycles. The number of rotatable bonds is 6. The van der Waals surface area contributed by atoms with Gasteiger partial charge in [0.25, 0.3) is 0 Å². The summed E-state index contributed by atoms with van der Waals surface area (Å²) in [4.78, 5) is 24.1. The SMILES string of the molecule is COc1cc2oc(=O)c(CC(=O)NCC(O)CO)c(C)c2cc1Cl. The molecule has 130 valence electrons. The summed E-state index contributed by atoms with van der Waals surface area (Å²) in [5.41, 5.74) is 0.490. The quantitative estimate of drug-likeness (QED) is 0.660. The van der Waals surface area contributed by atoms with Gasteiger partial charge in [0.2, 0.25) is 5.91 Å². The average molecular weight is 356 g/mol. The van der Waals surface area contributed by atoms with Gasteiger partial charge in [-0.25, -0.2) is 4.79 Å². The summed E-state index contributed by atoms with van der Waals surface area (Å²) in [6.45, 7) is 1.14. The first kappa shape index (κ1) is 18.3. The number of fused-ring (bicyclic) bond motifs is 1. The lowest BCUT2D eigenvalue weighted by Gasteiger charge is -2.11. The fourth-order valence-corrected chi connectivity index (χ4v) is 2.51. The van der Waals surface area contributed by atoms with E-state index in [0.29, 0.717) is 27.3 Å². The molecule has 24 heavy (non-hydrogen) atoms. The number of hydrogen-bond acceptors (Lipinski definition) is 6. The summed E-state index contributed by atoms with van der Waals surface area (Å²) in [6, 6.07) is 3.14. The molecule has 0 aliphatic rings. The molecule has 1 unspecified atom stereocenters. The summed E-state index contributed by atoms with van der Waals surface area (Å²) in [5.74, 6) is -0.0768. The molecular formula is C16H18ClNO6. The largest absolute Gasteiger partial charge is 0.495 e. The number of nitrogens with one attached hydrogen (secondary N) is 1. The van der Waals surface area contributed by atoms with Gasteiger partial charge in [-0.15, -0.1) is 0 Å². The Hall–Kier alpha value is -2.09. The van der Waals surface area contributed by atoms with E-state index in [1.807, 2.05) is 0 Å². The molecule has 0 saturated heterocycles. The Morgan fingerprint density at radius 1 is 1.46 bits per heavy atom. The Kier molecular flexibility index (Phi) is 5.82. The van der Waals surface area contributed by atoms with Crippen LogP contribution < -0.4 is 15.7 Å². The number of carbonyl (C=O) groups excluding carboxylic acids is 1. The van der Waals surface area contributed by atoms with Crippen LogP contribution in [-0.2, 0) is 11.2 Å². The summed E-state index contributed by atoms with van der Waals surface area (Å²) >= 11 is 6.10. The number of methoxy groups -OCH3 is 1. The van der Waals surface area contributed by atoms with Gasteiger partial charge < -0.3 is 24.7 Å². The predicted octanol–water partition coefficient (Wildman–Crippen LogP) is 0.775. The minimum atomic E-state index is -1.05. The van der Waals surface area contributed by atoms with E-state index < -0.39 is 24.2 Å². The van der Waals surface area contributed by atoms with Crippen LogP contribution in [0.15, 0.2) is 21.3 Å². The predicted molar refractivity (Wildman–Crippen MR) is 88.6 cm³/mol. The van der Waals surface area contributed by atoms with Crippen molar-refractivity contribution in [3.8, 4) is 5.75 Å². The number of aliphatic hydroxyl groups excluding tert-OH is 2. The van der Waals surface area contributed by atoms with E-state index in [9.17, 15) is 14.7 Å². The lowest BCUT2D eigenvalue weighted by molar-refractivity contribution is -0.121. The summed E-state index contributed by atoms with van der Waals surface area (Å²) < 4.78 is 10.3. The highest BCUT2D eigenvalue weighted by Crippen LogP contribution is 2.31. The third-order valence-corrected chi connectivity index (χ3v) is 3.94. The van der Waals surface area contributed by atoms with Gasteiger partial charge in [-0.05, 0) is 18.6 Å². The molecular weight excluding hydrogens is 338 g/mol. The Bertz CT molecular complexity index is 816. The zero-order chi connectivity index (χ0) is 17.9. The maximum absolute atomic E-state index is 12.2. The molecule has 8 heteroatoms. The maximum atomic E-state index is 12.2. The van der Waals surface area contributed by atoms with Crippen LogP contribution in [-0.4, -0.2) is 42.5 Å². The van der Waals surface area contributed by atoms with Gasteiger partial charge in [0.15, 0.2) is 0 Å². The first-order chi connectivity index (χ1) is 11.4. The molecule has 0 aliphatic carbocycles. The van der Waals surface area contributed by atoms with Crippen molar-refractivity contribution >= 4 is 28.5 Å². The van der Waals surface area contributed by atoms with E-state index in [-0.39, 0.29) is 18.5 Å². The molecule has 3 N–H and O–H groups in total. The van der Waals surface area contributed by atoms with E-state index in [2.05, 4.69) is 5.32 Å². The number of carbonyl (C=O) groups is 1. The van der Waals surface area contributed by atoms with Gasteiger partial charge in [0.05, 0.1) is 36.8 Å². The highest BCUT2D eigenvalue weighted by molar-refractivity contribution is 6.32. The van der Waals surface area contributed by atoms with E-state index >= 15 is 0 Å². The number of hydrogen-bond donors (Lipinski definition) is 3. The first-order valence-electron chi connectivity index (χ1n) is 7.22. The van der Waals surface area contributed by atoms with Crippen LogP contribution >= 0.6 is 11.6 Å². The van der Waals surface area contributed by atoms with Crippen molar-refractivity contribution < 1.29 is 24.2 Å². The molecule has 0 spiro atoms. The van der Waals surface area contributed by atoms with Crippen molar-refractivity contribution in [2.45, 2.75) is 19.4 Å². The topological polar surface area (TPSA) is 109 Å². The molecule has 1 amide bonds. The third kappa shape index (κ3) is 3.87. The second-order valence-corrected chi connectivity index (χ2v) is 5.70. The van der Waals surface area contributed by atoms with Crippen molar-refractivity contribution in [1.82, 2.24) is 5.32 Å². The molecule has 2 aromatic rings. The second-order valence-electron chi connectivity index (χ2n) is 5.29. The van der Waals surface area contributed by atoms with Crippen molar-refractivity contribution in [3.05, 3.63) is 38.7 Å². The summed E-state index contributed by atoms with van der Waals surface area (Å²) in [7, 11) is 1.46. The summed E-state index contributed by atoms with van der Waals surface area (Å²) in [6.07, 6.45) is -1.25. The van der Waals surface area contributed by atoms with Crippen LogP contribution in [0.25, 0.3) is 11.0 Å². The molecule has 1 aromatic heterocycles. The third-order valence-electron chi connectivity index (χ3n) is 3.64. The van der Waals surface area contributed by atoms with Crippen molar-refractivity contribution in [3.63, 3.8) is 0 Å². The molecule has 7 nitrogen and oxygen atoms in total. The fourth-order valence-electron chi connectivity index (χ4n) is 2.27. The molecule has 2 rings (SSSR count). The molecule has 0 bridgehead atoms. The summed E-state index contributed by atoms with van der Waals surface area (Å²) in [5, 5.41) is 21.4. The fraction of sp³-hybridized carbons (Fsp3) is 0.375. The number of ether oxygens (including phenoxy) is 1. The molecule has 0 saturated carbocycles. The van der Waals surface area contributed by atoms with Crippen molar-refractivity contribution in [1.29, 1.82) is 0 Å². The highest BCUT2D eigenvalue weighted by Gasteiger charge is 2.17. The minimum absolute atomic E-state index is 0.101. The van der Waals surface area contributed by atoms with Crippen LogP contribution in [0, 0.1) is 6.92 Å². The average Bonchev–Trinajstić information content (AvgIpc) is 2.56. The zero-order valence-electron chi connectivity index (χ0n) is 13.3. The molecule has 0 radical (unpaired) electrons. The van der Waals surface area contributed by atoms with Crippen molar-refractivity contribution in [2.24, 2.45) is 0 Å². The Balaban J connectivity index is 2.34. The number of aryl methyl sites for hydroxylation is 1. The monoisotopic (exact) mass is 355 g/mol. The molecule has 1 atom stereocenters. The van der Waals surface area contributed by atoms with Gasteiger partial charge in [-0.1, -0.05) is 11.6 Å². The zero-order valence-corrected chi connectivity index (χ0v) is 14.0. The van der Waals surface area contributed by atoms with Gasteiger partial charge >= 0.3 is 5.63 Å². The van der Waals surface area contributed by atoms with Gasteiger partial charge in [-0.2, -0.15) is 0 Å². The second kappa shape index (κ2) is 7.65. The molecule has 0 aliphatic heterocycles. The van der Waals surface area contributed by atoms with Gasteiger partial charge in [0, 0.05) is 18.0 Å². The lowest BCUT2D eigenvalue weighted by atomic mass is 10.0. The normalized spacial score (nSPS) is 12.2. The van der Waals surface area contributed by atoms with Gasteiger partial charge in [0.1, 0.15) is 11.3 Å². The number of halogens is 1. The number of amides is 1. The van der Waals surface area contributed by atoms with E-state index in [1.165, 1.54) is 13.2 Å². The van der Waals surface area contributed by atoms with Crippen LogP contribution in [0.2, 0.25) is 5.02 Å². The smallest absolute Gasteiger partial charge is 0.340 e. The lowest BCUT2D eigenvalue weighted by Crippen LogP contribution is -2.35. The highest BCUT2D eigenvalue weighted by atomic mass is 35.5. The minimum Gasteiger partial charge on any atom is -0.495 e. The Labute approximate surface area is 142 Å². The molecule has 1 aromatic carbocycles. The Morgan fingerprint density at radius 2 is 2.17 bits per heavy atom. The van der Waals surface area contributed by atoms with E-state index in [4.69, 9.17) is 25.9 Å². The first-order valence-corrected chi connectivity index (χ1v) is 7.60. The number of aliphatic hydroxyl groups is 2. The van der Waals surface area contributed by atoms with E-state index in [1.54, 1.807) is 13.0 Å². The standard InChI is InChI=1S/C16H18ClNO6/c1-8-10-3-12(17)14(23-2)5-13(10)24-16(22)11(8)4-15(21)18-6-9(20)7-19/h3,5,9,19-20H,4,6-7H2,1-2H3,(H,18,21). The van der Waals surface area contributed by atoms with E-state index in [0.717, 1.165) is 0 Å². The maximum Gasteiger partial charge on any atom is 0.340 e. The molecule has 0 fully saturated rings.